The number of ether oxygens (including phenoxy) is 2. The van der Waals surface area contributed by atoms with Crippen molar-refractivity contribution in [1.82, 2.24) is 4.90 Å². The number of nitrogens with zero attached hydrogens (tertiary/aromatic N) is 1. The van der Waals surface area contributed by atoms with Crippen LogP contribution in [0.25, 0.3) is 0 Å². The Morgan fingerprint density at radius 2 is 1.58 bits per heavy atom. The number of hydrogen-bond donors (Lipinski definition) is 1. The van der Waals surface area contributed by atoms with E-state index >= 15 is 0 Å². The molecule has 0 aliphatic carbocycles. The van der Waals surface area contributed by atoms with Crippen molar-refractivity contribution in [1.29, 1.82) is 0 Å². The fraction of sp³-hybridized carbons (Fsp3) is 0.208. The molecule has 3 aromatic carbocycles. The molecular formula is C24H23FN2O5S. The Morgan fingerprint density at radius 1 is 0.939 bits per heavy atom. The molecule has 0 unspecified atom stereocenters. The van der Waals surface area contributed by atoms with Crippen molar-refractivity contribution in [2.24, 2.45) is 0 Å². The van der Waals surface area contributed by atoms with Gasteiger partial charge in [0, 0.05) is 19.3 Å². The van der Waals surface area contributed by atoms with E-state index < -0.39 is 15.8 Å². The summed E-state index contributed by atoms with van der Waals surface area (Å²) in [5.74, 6) is 0.791. The molecule has 1 heterocycles. The topological polar surface area (TPSA) is 84.9 Å². The van der Waals surface area contributed by atoms with Crippen molar-refractivity contribution in [3.8, 4) is 11.5 Å². The van der Waals surface area contributed by atoms with Crippen molar-refractivity contribution in [3.05, 3.63) is 83.7 Å². The molecule has 1 aliphatic rings. The molecule has 0 bridgehead atoms. The normalized spacial score (nSPS) is 12.8. The third-order valence-corrected chi connectivity index (χ3v) is 6.53. The summed E-state index contributed by atoms with van der Waals surface area (Å²) in [6, 6.07) is 16.7. The van der Waals surface area contributed by atoms with E-state index in [0.29, 0.717) is 36.9 Å². The number of carbonyl (C=O) groups is 1. The quantitative estimate of drug-likeness (QED) is 0.570. The van der Waals surface area contributed by atoms with Gasteiger partial charge in [-0.05, 0) is 59.7 Å². The van der Waals surface area contributed by atoms with Crippen molar-refractivity contribution in [2.75, 3.05) is 25.0 Å². The van der Waals surface area contributed by atoms with E-state index in [1.165, 1.54) is 12.1 Å². The third-order valence-electron chi connectivity index (χ3n) is 5.14. The van der Waals surface area contributed by atoms with Crippen LogP contribution in [-0.4, -0.2) is 39.5 Å². The molecule has 4 rings (SSSR count). The summed E-state index contributed by atoms with van der Waals surface area (Å²) in [5, 5.41) is 0. The monoisotopic (exact) mass is 470 g/mol. The second-order valence-electron chi connectivity index (χ2n) is 7.66. The number of fused-ring (bicyclic) bond motifs is 1. The van der Waals surface area contributed by atoms with Gasteiger partial charge in [0.2, 0.25) is 5.91 Å². The predicted octanol–water partition coefficient (Wildman–Crippen LogP) is 3.60. The van der Waals surface area contributed by atoms with Gasteiger partial charge in [-0.1, -0.05) is 18.2 Å². The first-order chi connectivity index (χ1) is 15.8. The number of amides is 1. The van der Waals surface area contributed by atoms with Gasteiger partial charge >= 0.3 is 0 Å². The number of halogens is 1. The number of benzene rings is 3. The standard InChI is InChI=1S/C24H23FN2O5S/c1-27(16-18-4-11-22-23(14-18)32-13-12-31-22)24(28)15-17-2-7-20(8-3-17)26-33(29,30)21-9-5-19(25)6-10-21/h2-11,14,26H,12-13,15-16H2,1H3. The molecule has 0 fully saturated rings. The molecular weight excluding hydrogens is 447 g/mol. The molecule has 1 aliphatic heterocycles. The number of hydrogen-bond acceptors (Lipinski definition) is 5. The van der Waals surface area contributed by atoms with Gasteiger partial charge in [-0.2, -0.15) is 0 Å². The van der Waals surface area contributed by atoms with Gasteiger partial charge in [0.25, 0.3) is 10.0 Å². The Bertz CT molecular complexity index is 1240. The van der Waals surface area contributed by atoms with E-state index in [-0.39, 0.29) is 17.2 Å². The van der Waals surface area contributed by atoms with Gasteiger partial charge in [-0.25, -0.2) is 12.8 Å². The first kappa shape index (κ1) is 22.6. The van der Waals surface area contributed by atoms with Crippen LogP contribution in [0.1, 0.15) is 11.1 Å². The van der Waals surface area contributed by atoms with Crippen molar-refractivity contribution in [2.45, 2.75) is 17.9 Å². The molecule has 0 saturated heterocycles. The number of rotatable bonds is 7. The maximum atomic E-state index is 13.0. The zero-order chi connectivity index (χ0) is 23.4. The SMILES string of the molecule is CN(Cc1ccc2c(c1)OCCO2)C(=O)Cc1ccc(NS(=O)(=O)c2ccc(F)cc2)cc1. The summed E-state index contributed by atoms with van der Waals surface area (Å²) in [6.45, 7) is 1.45. The average Bonchev–Trinajstić information content (AvgIpc) is 2.80. The minimum atomic E-state index is -3.83. The third kappa shape index (κ3) is 5.61. The van der Waals surface area contributed by atoms with E-state index in [1.54, 1.807) is 36.2 Å². The van der Waals surface area contributed by atoms with Crippen LogP contribution < -0.4 is 14.2 Å². The molecule has 3 aromatic rings. The van der Waals surface area contributed by atoms with Crippen LogP contribution in [0.4, 0.5) is 10.1 Å². The van der Waals surface area contributed by atoms with Crippen LogP contribution in [0, 0.1) is 5.82 Å². The Labute approximate surface area is 191 Å². The Kier molecular flexibility index (Phi) is 6.50. The van der Waals surface area contributed by atoms with E-state index in [9.17, 15) is 17.6 Å². The van der Waals surface area contributed by atoms with E-state index in [1.807, 2.05) is 18.2 Å². The predicted molar refractivity (Wildman–Crippen MR) is 121 cm³/mol. The fourth-order valence-electron chi connectivity index (χ4n) is 3.38. The number of likely N-dealkylation sites (N-methyl/N-ethyl adjacent to an activating group) is 1. The maximum absolute atomic E-state index is 13.0. The first-order valence-electron chi connectivity index (χ1n) is 10.3. The largest absolute Gasteiger partial charge is 0.486 e. The minimum absolute atomic E-state index is 0.0380. The van der Waals surface area contributed by atoms with Gasteiger partial charge in [0.05, 0.1) is 11.3 Å². The highest BCUT2D eigenvalue weighted by molar-refractivity contribution is 7.92. The Balaban J connectivity index is 1.35. The maximum Gasteiger partial charge on any atom is 0.261 e. The molecule has 7 nitrogen and oxygen atoms in total. The second kappa shape index (κ2) is 9.50. The van der Waals surface area contributed by atoms with Gasteiger partial charge in [0.1, 0.15) is 19.0 Å². The summed E-state index contributed by atoms with van der Waals surface area (Å²) in [4.78, 5) is 14.2. The Hall–Kier alpha value is -3.59. The first-order valence-corrected chi connectivity index (χ1v) is 11.8. The smallest absolute Gasteiger partial charge is 0.261 e. The number of sulfonamides is 1. The van der Waals surface area contributed by atoms with Crippen molar-refractivity contribution >= 4 is 21.6 Å². The van der Waals surface area contributed by atoms with Gasteiger partial charge in [-0.15, -0.1) is 0 Å². The summed E-state index contributed by atoms with van der Waals surface area (Å²) >= 11 is 0. The average molecular weight is 471 g/mol. The molecule has 0 aromatic heterocycles. The summed E-state index contributed by atoms with van der Waals surface area (Å²) in [7, 11) is -2.11. The van der Waals surface area contributed by atoms with E-state index in [0.717, 1.165) is 23.3 Å². The van der Waals surface area contributed by atoms with E-state index in [2.05, 4.69) is 4.72 Å². The molecule has 0 spiro atoms. The van der Waals surface area contributed by atoms with Crippen LogP contribution >= 0.6 is 0 Å². The summed E-state index contributed by atoms with van der Waals surface area (Å²) in [6.07, 6.45) is 0.173. The molecule has 1 amide bonds. The minimum Gasteiger partial charge on any atom is -0.486 e. The lowest BCUT2D eigenvalue weighted by Gasteiger charge is -2.21. The highest BCUT2D eigenvalue weighted by Gasteiger charge is 2.16. The highest BCUT2D eigenvalue weighted by Crippen LogP contribution is 2.31. The lowest BCUT2D eigenvalue weighted by molar-refractivity contribution is -0.129. The fourth-order valence-corrected chi connectivity index (χ4v) is 4.43. The van der Waals surface area contributed by atoms with Crippen LogP contribution in [-0.2, 0) is 27.8 Å². The van der Waals surface area contributed by atoms with Crippen LogP contribution in [0.15, 0.2) is 71.6 Å². The second-order valence-corrected chi connectivity index (χ2v) is 9.34. The van der Waals surface area contributed by atoms with Gasteiger partial charge < -0.3 is 14.4 Å². The van der Waals surface area contributed by atoms with Gasteiger partial charge in [0.15, 0.2) is 11.5 Å². The zero-order valence-corrected chi connectivity index (χ0v) is 18.8. The molecule has 1 N–H and O–H groups in total. The number of carbonyl (C=O) groups excluding carboxylic acids is 1. The summed E-state index contributed by atoms with van der Waals surface area (Å²) in [5.41, 5.74) is 2.03. The molecule has 33 heavy (non-hydrogen) atoms. The van der Waals surface area contributed by atoms with Crippen LogP contribution in [0.5, 0.6) is 11.5 Å². The van der Waals surface area contributed by atoms with Crippen molar-refractivity contribution in [3.63, 3.8) is 0 Å². The lowest BCUT2D eigenvalue weighted by atomic mass is 10.1. The van der Waals surface area contributed by atoms with Crippen LogP contribution in [0.2, 0.25) is 0 Å². The zero-order valence-electron chi connectivity index (χ0n) is 18.0. The molecule has 0 saturated carbocycles. The molecule has 0 radical (unpaired) electrons. The number of nitrogens with one attached hydrogen (secondary N) is 1. The molecule has 172 valence electrons. The number of anilines is 1. The summed E-state index contributed by atoms with van der Waals surface area (Å²) < 4.78 is 51.4. The Morgan fingerprint density at radius 3 is 2.27 bits per heavy atom. The van der Waals surface area contributed by atoms with E-state index in [4.69, 9.17) is 9.47 Å². The highest BCUT2D eigenvalue weighted by atomic mass is 32.2. The van der Waals surface area contributed by atoms with Crippen molar-refractivity contribution < 1.29 is 27.1 Å². The lowest BCUT2D eigenvalue weighted by Crippen LogP contribution is -2.27. The molecule has 0 atom stereocenters. The molecule has 9 heteroatoms. The van der Waals surface area contributed by atoms with Crippen LogP contribution in [0.3, 0.4) is 0 Å². The van der Waals surface area contributed by atoms with Gasteiger partial charge in [-0.3, -0.25) is 9.52 Å².